The number of rotatable bonds is 8. The van der Waals surface area contributed by atoms with Crippen LogP contribution in [0.2, 0.25) is 0 Å². The summed E-state index contributed by atoms with van der Waals surface area (Å²) < 4.78 is 11.0. The molecule has 0 aliphatic heterocycles. The second-order valence-electron chi connectivity index (χ2n) is 6.84. The maximum absolute atomic E-state index is 11.9. The van der Waals surface area contributed by atoms with Crippen LogP contribution in [0.4, 0.5) is 10.5 Å². The fraction of sp³-hybridized carbons (Fsp3) is 0.632. The fourth-order valence-corrected chi connectivity index (χ4v) is 2.74. The highest BCUT2D eigenvalue weighted by Crippen LogP contribution is 2.21. The molecule has 140 valence electrons. The van der Waals surface area contributed by atoms with Crippen molar-refractivity contribution in [1.29, 1.82) is 0 Å². The highest BCUT2D eigenvalue weighted by Gasteiger charge is 2.17. The number of hydrogen-bond donors (Lipinski definition) is 3. The lowest BCUT2D eigenvalue weighted by molar-refractivity contribution is 0.0865. The summed E-state index contributed by atoms with van der Waals surface area (Å²) in [4.78, 5) is 11.9. The largest absolute Gasteiger partial charge is 0.491 e. The molecular weight excluding hydrogens is 320 g/mol. The van der Waals surface area contributed by atoms with Crippen molar-refractivity contribution in [3.8, 4) is 5.75 Å². The van der Waals surface area contributed by atoms with Crippen LogP contribution >= 0.6 is 0 Å². The molecule has 1 saturated carbocycles. The summed E-state index contributed by atoms with van der Waals surface area (Å²) >= 11 is 0. The second kappa shape index (κ2) is 10.3. The molecule has 2 rings (SSSR count). The number of amides is 1. The molecule has 0 heterocycles. The first kappa shape index (κ1) is 19.5. The molecule has 0 radical (unpaired) electrons. The molecule has 1 fully saturated rings. The molecule has 1 aliphatic rings. The smallest absolute Gasteiger partial charge is 0.411 e. The Morgan fingerprint density at radius 2 is 1.88 bits per heavy atom. The van der Waals surface area contributed by atoms with Crippen LogP contribution in [0, 0.1) is 0 Å². The first-order valence-corrected chi connectivity index (χ1v) is 9.15. The Balaban J connectivity index is 1.70. The van der Waals surface area contributed by atoms with Crippen LogP contribution in [0.15, 0.2) is 24.3 Å². The Hall–Kier alpha value is -1.79. The minimum Gasteiger partial charge on any atom is -0.491 e. The van der Waals surface area contributed by atoms with Gasteiger partial charge >= 0.3 is 6.09 Å². The average molecular weight is 350 g/mol. The van der Waals surface area contributed by atoms with Gasteiger partial charge in [-0.2, -0.15) is 0 Å². The van der Waals surface area contributed by atoms with Gasteiger partial charge < -0.3 is 19.9 Å². The Bertz CT molecular complexity index is 513. The van der Waals surface area contributed by atoms with Crippen molar-refractivity contribution in [2.24, 2.45) is 0 Å². The van der Waals surface area contributed by atoms with Crippen molar-refractivity contribution in [2.75, 3.05) is 18.5 Å². The maximum Gasteiger partial charge on any atom is 0.411 e. The first-order valence-electron chi connectivity index (χ1n) is 9.15. The predicted molar refractivity (Wildman–Crippen MR) is 98.1 cm³/mol. The molecule has 1 aromatic rings. The van der Waals surface area contributed by atoms with Gasteiger partial charge in [0, 0.05) is 18.3 Å². The van der Waals surface area contributed by atoms with Crippen LogP contribution in [0.25, 0.3) is 0 Å². The van der Waals surface area contributed by atoms with Crippen molar-refractivity contribution in [3.63, 3.8) is 0 Å². The molecular formula is C19H30N2O4. The lowest BCUT2D eigenvalue weighted by atomic mass is 9.98. The van der Waals surface area contributed by atoms with Crippen LogP contribution in [-0.2, 0) is 4.74 Å². The van der Waals surface area contributed by atoms with Crippen LogP contribution < -0.4 is 15.4 Å². The molecule has 1 amide bonds. The van der Waals surface area contributed by atoms with Crippen LogP contribution in [0.5, 0.6) is 5.75 Å². The van der Waals surface area contributed by atoms with Crippen molar-refractivity contribution in [1.82, 2.24) is 5.32 Å². The number of aliphatic hydroxyl groups is 1. The molecule has 0 bridgehead atoms. The number of anilines is 1. The summed E-state index contributed by atoms with van der Waals surface area (Å²) in [5.74, 6) is 0.648. The van der Waals surface area contributed by atoms with E-state index in [2.05, 4.69) is 10.6 Å². The number of hydrogen-bond acceptors (Lipinski definition) is 5. The second-order valence-corrected chi connectivity index (χ2v) is 6.84. The van der Waals surface area contributed by atoms with Gasteiger partial charge in [0.1, 0.15) is 24.6 Å². The van der Waals surface area contributed by atoms with Crippen LogP contribution in [0.3, 0.4) is 0 Å². The van der Waals surface area contributed by atoms with Gasteiger partial charge in [-0.3, -0.25) is 5.32 Å². The Kier molecular flexibility index (Phi) is 8.01. The summed E-state index contributed by atoms with van der Waals surface area (Å²) in [6.07, 6.45) is 4.46. The standard InChI is InChI=1S/C19H30N2O4/c1-14(2)20-12-16(22)13-24-17-10-8-15(9-11-17)21-19(23)25-18-6-4-3-5-7-18/h8-11,14,16,18,20,22H,3-7,12-13H2,1-2H3,(H,21,23). The molecule has 0 spiro atoms. The number of aliphatic hydroxyl groups excluding tert-OH is 1. The van der Waals surface area contributed by atoms with E-state index in [1.807, 2.05) is 13.8 Å². The fourth-order valence-electron chi connectivity index (χ4n) is 2.74. The Morgan fingerprint density at radius 3 is 2.52 bits per heavy atom. The van der Waals surface area contributed by atoms with Gasteiger partial charge in [-0.25, -0.2) is 4.79 Å². The average Bonchev–Trinajstić information content (AvgIpc) is 2.60. The molecule has 1 atom stereocenters. The molecule has 3 N–H and O–H groups in total. The van der Waals surface area contributed by atoms with Gasteiger partial charge in [0.15, 0.2) is 0 Å². The molecule has 6 nitrogen and oxygen atoms in total. The third-order valence-corrected chi connectivity index (χ3v) is 4.13. The summed E-state index contributed by atoms with van der Waals surface area (Å²) in [5.41, 5.74) is 0.662. The lowest BCUT2D eigenvalue weighted by Crippen LogP contribution is -2.35. The zero-order valence-electron chi connectivity index (χ0n) is 15.2. The van der Waals surface area contributed by atoms with E-state index in [-0.39, 0.29) is 12.7 Å². The molecule has 1 aliphatic carbocycles. The summed E-state index contributed by atoms with van der Waals surface area (Å²) in [6.45, 7) is 4.76. The number of nitrogens with one attached hydrogen (secondary N) is 2. The number of ether oxygens (including phenoxy) is 2. The highest BCUT2D eigenvalue weighted by molar-refractivity contribution is 5.84. The zero-order chi connectivity index (χ0) is 18.1. The first-order chi connectivity index (χ1) is 12.0. The predicted octanol–water partition coefficient (Wildman–Crippen LogP) is 3.31. The minimum absolute atomic E-state index is 0.0392. The van der Waals surface area contributed by atoms with Gasteiger partial charge in [-0.1, -0.05) is 20.3 Å². The number of carbonyl (C=O) groups is 1. The van der Waals surface area contributed by atoms with Crippen molar-refractivity contribution in [2.45, 2.75) is 64.2 Å². The van der Waals surface area contributed by atoms with E-state index in [1.165, 1.54) is 6.42 Å². The molecule has 6 heteroatoms. The van der Waals surface area contributed by atoms with Crippen molar-refractivity contribution in [3.05, 3.63) is 24.3 Å². The Labute approximate surface area is 149 Å². The van der Waals surface area contributed by atoms with E-state index >= 15 is 0 Å². The van der Waals surface area contributed by atoms with Gasteiger partial charge in [0.25, 0.3) is 0 Å². The summed E-state index contributed by atoms with van der Waals surface area (Å²) in [6, 6.07) is 7.37. The van der Waals surface area contributed by atoms with Gasteiger partial charge in [-0.05, 0) is 49.9 Å². The molecule has 0 saturated heterocycles. The third kappa shape index (κ3) is 7.75. The quantitative estimate of drug-likeness (QED) is 0.670. The van der Waals surface area contributed by atoms with E-state index in [0.717, 1.165) is 25.7 Å². The molecule has 25 heavy (non-hydrogen) atoms. The van der Waals surface area contributed by atoms with Gasteiger partial charge in [0.05, 0.1) is 0 Å². The van der Waals surface area contributed by atoms with Gasteiger partial charge in [-0.15, -0.1) is 0 Å². The monoisotopic (exact) mass is 350 g/mol. The summed E-state index contributed by atoms with van der Waals surface area (Å²) in [7, 11) is 0. The number of carbonyl (C=O) groups excluding carboxylic acids is 1. The van der Waals surface area contributed by atoms with E-state index in [0.29, 0.717) is 24.0 Å². The van der Waals surface area contributed by atoms with E-state index in [1.54, 1.807) is 24.3 Å². The minimum atomic E-state index is -0.564. The van der Waals surface area contributed by atoms with E-state index in [4.69, 9.17) is 9.47 Å². The molecule has 1 unspecified atom stereocenters. The zero-order valence-corrected chi connectivity index (χ0v) is 15.2. The van der Waals surface area contributed by atoms with Gasteiger partial charge in [0.2, 0.25) is 0 Å². The lowest BCUT2D eigenvalue weighted by Gasteiger charge is -2.21. The van der Waals surface area contributed by atoms with Crippen LogP contribution in [0.1, 0.15) is 46.0 Å². The topological polar surface area (TPSA) is 79.8 Å². The molecule has 0 aromatic heterocycles. The third-order valence-electron chi connectivity index (χ3n) is 4.13. The van der Waals surface area contributed by atoms with E-state index < -0.39 is 12.2 Å². The summed E-state index contributed by atoms with van der Waals surface area (Å²) in [5, 5.41) is 15.7. The SMILES string of the molecule is CC(C)NCC(O)COc1ccc(NC(=O)OC2CCCCC2)cc1. The van der Waals surface area contributed by atoms with Crippen molar-refractivity contribution >= 4 is 11.8 Å². The number of benzene rings is 1. The van der Waals surface area contributed by atoms with Crippen LogP contribution in [-0.4, -0.2) is 42.6 Å². The molecule has 1 aromatic carbocycles. The maximum atomic E-state index is 11.9. The van der Waals surface area contributed by atoms with Crippen molar-refractivity contribution < 1.29 is 19.4 Å². The normalized spacial score (nSPS) is 16.5. The van der Waals surface area contributed by atoms with E-state index in [9.17, 15) is 9.90 Å². The Morgan fingerprint density at radius 1 is 1.20 bits per heavy atom. The highest BCUT2D eigenvalue weighted by atomic mass is 16.6.